The summed E-state index contributed by atoms with van der Waals surface area (Å²) in [6.45, 7) is 0. The van der Waals surface area contributed by atoms with Gasteiger partial charge in [-0.1, -0.05) is 17.3 Å². The summed E-state index contributed by atoms with van der Waals surface area (Å²) in [5, 5.41) is 11.4. The summed E-state index contributed by atoms with van der Waals surface area (Å²) >= 11 is 0. The molecule has 0 aliphatic rings. The van der Waals surface area contributed by atoms with E-state index in [1.807, 2.05) is 0 Å². The number of amidine groups is 1. The van der Waals surface area contributed by atoms with E-state index in [0.29, 0.717) is 11.3 Å². The van der Waals surface area contributed by atoms with Gasteiger partial charge in [-0.05, 0) is 12.1 Å². The van der Waals surface area contributed by atoms with Gasteiger partial charge in [0, 0.05) is 19.7 Å². The van der Waals surface area contributed by atoms with Gasteiger partial charge in [-0.25, -0.2) is 4.72 Å². The van der Waals surface area contributed by atoms with E-state index < -0.39 is 10.2 Å². The molecule has 0 saturated carbocycles. The number of nitrogens with two attached hydrogens (primary N) is 1. The molecular formula is C9H14N4O3S. The van der Waals surface area contributed by atoms with E-state index in [0.717, 1.165) is 4.31 Å². The molecule has 0 spiro atoms. The summed E-state index contributed by atoms with van der Waals surface area (Å²) in [5.74, 6) is -0.0814. The first kappa shape index (κ1) is 13.3. The van der Waals surface area contributed by atoms with Crippen molar-refractivity contribution in [3.05, 3.63) is 29.8 Å². The van der Waals surface area contributed by atoms with Crippen molar-refractivity contribution in [2.45, 2.75) is 0 Å². The minimum Gasteiger partial charge on any atom is -0.409 e. The van der Waals surface area contributed by atoms with Gasteiger partial charge in [0.1, 0.15) is 0 Å². The van der Waals surface area contributed by atoms with Crippen molar-refractivity contribution in [1.82, 2.24) is 4.72 Å². The van der Waals surface area contributed by atoms with Gasteiger partial charge in [-0.15, -0.1) is 0 Å². The zero-order chi connectivity index (χ0) is 13.1. The second-order valence-electron chi connectivity index (χ2n) is 3.21. The van der Waals surface area contributed by atoms with Crippen molar-refractivity contribution in [3.63, 3.8) is 0 Å². The Kier molecular flexibility index (Phi) is 3.92. The van der Waals surface area contributed by atoms with E-state index >= 15 is 0 Å². The molecule has 8 heteroatoms. The molecule has 0 unspecified atom stereocenters. The highest BCUT2D eigenvalue weighted by Crippen LogP contribution is 2.16. The van der Waals surface area contributed by atoms with Crippen molar-refractivity contribution < 1.29 is 13.6 Å². The van der Waals surface area contributed by atoms with Gasteiger partial charge in [-0.2, -0.15) is 8.42 Å². The lowest BCUT2D eigenvalue weighted by atomic mass is 10.2. The number of anilines is 1. The van der Waals surface area contributed by atoms with E-state index in [4.69, 9.17) is 10.9 Å². The van der Waals surface area contributed by atoms with Gasteiger partial charge in [0.25, 0.3) is 0 Å². The standard InChI is InChI=1S/C9H14N4O3S/c1-11-17(15,16)13(2)8-5-3-4-7(6-8)9(10)12-14/h3-6,11,14H,1-2H3,(H2,10,12). The van der Waals surface area contributed by atoms with Crippen molar-refractivity contribution in [3.8, 4) is 0 Å². The van der Waals surface area contributed by atoms with E-state index in [9.17, 15) is 8.42 Å². The van der Waals surface area contributed by atoms with Crippen LogP contribution in [0.25, 0.3) is 0 Å². The van der Waals surface area contributed by atoms with Crippen molar-refractivity contribution in [2.75, 3.05) is 18.4 Å². The Morgan fingerprint density at radius 2 is 2.18 bits per heavy atom. The van der Waals surface area contributed by atoms with Crippen LogP contribution < -0.4 is 14.8 Å². The van der Waals surface area contributed by atoms with Gasteiger partial charge < -0.3 is 10.9 Å². The minimum absolute atomic E-state index is 0.0814. The van der Waals surface area contributed by atoms with Gasteiger partial charge in [0.15, 0.2) is 5.84 Å². The van der Waals surface area contributed by atoms with Gasteiger partial charge in [0.05, 0.1) is 5.69 Å². The third-order valence-corrected chi connectivity index (χ3v) is 3.68. The molecule has 0 radical (unpaired) electrons. The summed E-state index contributed by atoms with van der Waals surface area (Å²) in [5.41, 5.74) is 6.26. The lowest BCUT2D eigenvalue weighted by molar-refractivity contribution is 0.318. The molecule has 0 aromatic heterocycles. The molecule has 0 fully saturated rings. The highest BCUT2D eigenvalue weighted by molar-refractivity contribution is 7.90. The topological polar surface area (TPSA) is 108 Å². The molecular weight excluding hydrogens is 244 g/mol. The maximum atomic E-state index is 11.6. The average molecular weight is 258 g/mol. The summed E-state index contributed by atoms with van der Waals surface area (Å²) in [7, 11) is -0.842. The van der Waals surface area contributed by atoms with Crippen LogP contribution in [0.4, 0.5) is 5.69 Å². The molecule has 1 aromatic carbocycles. The summed E-state index contributed by atoms with van der Waals surface area (Å²) in [6.07, 6.45) is 0. The third-order valence-electron chi connectivity index (χ3n) is 2.23. The first-order valence-electron chi connectivity index (χ1n) is 4.67. The van der Waals surface area contributed by atoms with Crippen LogP contribution in [-0.4, -0.2) is 33.6 Å². The number of benzene rings is 1. The van der Waals surface area contributed by atoms with Crippen LogP contribution in [0, 0.1) is 0 Å². The molecule has 0 atom stereocenters. The molecule has 17 heavy (non-hydrogen) atoms. The van der Waals surface area contributed by atoms with E-state index in [1.165, 1.54) is 20.2 Å². The Balaban J connectivity index is 3.17. The zero-order valence-corrected chi connectivity index (χ0v) is 10.3. The summed E-state index contributed by atoms with van der Waals surface area (Å²) in [6, 6.07) is 6.33. The first-order chi connectivity index (χ1) is 7.92. The fourth-order valence-electron chi connectivity index (χ4n) is 1.19. The number of hydrogen-bond acceptors (Lipinski definition) is 4. The van der Waals surface area contributed by atoms with E-state index in [-0.39, 0.29) is 5.84 Å². The van der Waals surface area contributed by atoms with Gasteiger partial charge in [-0.3, -0.25) is 4.31 Å². The molecule has 7 nitrogen and oxygen atoms in total. The summed E-state index contributed by atoms with van der Waals surface area (Å²) in [4.78, 5) is 0. The Hall–Kier alpha value is -1.80. The van der Waals surface area contributed by atoms with Crippen LogP contribution in [0.15, 0.2) is 29.4 Å². The lowest BCUT2D eigenvalue weighted by Crippen LogP contribution is -2.36. The van der Waals surface area contributed by atoms with Crippen molar-refractivity contribution >= 4 is 21.7 Å². The van der Waals surface area contributed by atoms with Crippen LogP contribution in [0.1, 0.15) is 5.56 Å². The van der Waals surface area contributed by atoms with E-state index in [2.05, 4.69) is 9.88 Å². The van der Waals surface area contributed by atoms with Crippen LogP contribution in [0.5, 0.6) is 0 Å². The summed E-state index contributed by atoms with van der Waals surface area (Å²) < 4.78 is 26.4. The lowest BCUT2D eigenvalue weighted by Gasteiger charge is -2.18. The molecule has 0 heterocycles. The highest BCUT2D eigenvalue weighted by Gasteiger charge is 2.16. The Morgan fingerprint density at radius 1 is 1.53 bits per heavy atom. The normalized spacial score (nSPS) is 12.5. The maximum Gasteiger partial charge on any atom is 0.301 e. The Labute approximate surface area is 99.7 Å². The second kappa shape index (κ2) is 5.02. The number of hydrogen-bond donors (Lipinski definition) is 3. The van der Waals surface area contributed by atoms with Crippen LogP contribution >= 0.6 is 0 Å². The van der Waals surface area contributed by atoms with Crippen molar-refractivity contribution in [1.29, 1.82) is 0 Å². The predicted octanol–water partition coefficient (Wildman–Crippen LogP) is -0.318. The number of nitrogens with one attached hydrogen (secondary N) is 1. The fourth-order valence-corrected chi connectivity index (χ4v) is 1.86. The maximum absolute atomic E-state index is 11.6. The fraction of sp³-hybridized carbons (Fsp3) is 0.222. The molecule has 0 amide bonds. The Bertz CT molecular complexity index is 527. The predicted molar refractivity (Wildman–Crippen MR) is 65.3 cm³/mol. The van der Waals surface area contributed by atoms with Gasteiger partial charge in [0.2, 0.25) is 0 Å². The van der Waals surface area contributed by atoms with Crippen molar-refractivity contribution in [2.24, 2.45) is 10.9 Å². The molecule has 0 bridgehead atoms. The first-order valence-corrected chi connectivity index (χ1v) is 6.11. The molecule has 4 N–H and O–H groups in total. The molecule has 1 rings (SSSR count). The monoisotopic (exact) mass is 258 g/mol. The molecule has 1 aromatic rings. The molecule has 0 aliphatic heterocycles. The van der Waals surface area contributed by atoms with Crippen LogP contribution in [0.3, 0.4) is 0 Å². The largest absolute Gasteiger partial charge is 0.409 e. The molecule has 0 saturated heterocycles. The highest BCUT2D eigenvalue weighted by atomic mass is 32.2. The number of oxime groups is 1. The van der Waals surface area contributed by atoms with Gasteiger partial charge >= 0.3 is 10.2 Å². The molecule has 94 valence electrons. The second-order valence-corrected chi connectivity index (χ2v) is 5.12. The number of nitrogens with zero attached hydrogens (tertiary/aromatic N) is 2. The Morgan fingerprint density at radius 3 is 2.71 bits per heavy atom. The molecule has 0 aliphatic carbocycles. The van der Waals surface area contributed by atoms with Crippen LogP contribution in [0.2, 0.25) is 0 Å². The SMILES string of the molecule is CNS(=O)(=O)N(C)c1cccc(/C(N)=N/O)c1. The third kappa shape index (κ3) is 2.86. The zero-order valence-electron chi connectivity index (χ0n) is 9.45. The smallest absolute Gasteiger partial charge is 0.301 e. The quantitative estimate of drug-likeness (QED) is 0.298. The average Bonchev–Trinajstić information content (AvgIpc) is 2.36. The van der Waals surface area contributed by atoms with E-state index in [1.54, 1.807) is 18.2 Å². The number of rotatable bonds is 4. The minimum atomic E-state index is -3.56. The van der Waals surface area contributed by atoms with Crippen LogP contribution in [-0.2, 0) is 10.2 Å².